The van der Waals surface area contributed by atoms with Gasteiger partial charge in [-0.05, 0) is 57.4 Å². The fourth-order valence-corrected chi connectivity index (χ4v) is 5.88. The molecule has 0 nitrogen and oxygen atoms in total. The van der Waals surface area contributed by atoms with E-state index in [1.807, 2.05) is 0 Å². The van der Waals surface area contributed by atoms with Gasteiger partial charge in [-0.3, -0.25) is 0 Å². The van der Waals surface area contributed by atoms with Gasteiger partial charge in [0.2, 0.25) is 0 Å². The zero-order chi connectivity index (χ0) is 24.0. The molecule has 1 aromatic rings. The maximum atomic E-state index is 4.22. The number of benzene rings is 1. The Hall–Kier alpha value is -1.30. The Labute approximate surface area is 202 Å². The topological polar surface area (TPSA) is 0 Å². The van der Waals surface area contributed by atoms with Crippen molar-refractivity contribution in [3.8, 4) is 0 Å². The third kappa shape index (κ3) is 9.29. The van der Waals surface area contributed by atoms with Crippen LogP contribution in [0.2, 0.25) is 0 Å². The van der Waals surface area contributed by atoms with Crippen LogP contribution in [-0.2, 0) is 5.41 Å². The van der Waals surface area contributed by atoms with Crippen molar-refractivity contribution in [2.75, 3.05) is 0 Å². The van der Waals surface area contributed by atoms with Gasteiger partial charge in [0.25, 0.3) is 0 Å². The summed E-state index contributed by atoms with van der Waals surface area (Å²) >= 11 is 0. The summed E-state index contributed by atoms with van der Waals surface area (Å²) < 4.78 is 0. The summed E-state index contributed by atoms with van der Waals surface area (Å²) in [6.45, 7) is 21.2. The maximum Gasteiger partial charge on any atom is 0.0156 e. The fraction of sp³-hybridized carbons (Fsp3) is 0.688. The molecule has 2 aliphatic carbocycles. The molecule has 32 heavy (non-hydrogen) atoms. The van der Waals surface area contributed by atoms with Gasteiger partial charge in [0.05, 0.1) is 0 Å². The second-order valence-electron chi connectivity index (χ2n) is 10.6. The third-order valence-electron chi connectivity index (χ3n) is 7.77. The highest BCUT2D eigenvalue weighted by atomic mass is 14.4. The number of hydrogen-bond donors (Lipinski definition) is 0. The monoisotopic (exact) mass is 438 g/mol. The van der Waals surface area contributed by atoms with E-state index < -0.39 is 0 Å². The van der Waals surface area contributed by atoms with Crippen molar-refractivity contribution in [3.63, 3.8) is 0 Å². The SMILES string of the molecule is C=C(C)C1(c2cccc(C)c2)CCCC1.C=C(C)CCC.CCCC1CCCCC1CC. The highest BCUT2D eigenvalue weighted by molar-refractivity contribution is 5.37. The molecule has 2 atom stereocenters. The molecule has 0 saturated heterocycles. The van der Waals surface area contributed by atoms with E-state index in [0.29, 0.717) is 0 Å². The van der Waals surface area contributed by atoms with E-state index in [1.54, 1.807) is 0 Å². The highest BCUT2D eigenvalue weighted by Crippen LogP contribution is 2.46. The summed E-state index contributed by atoms with van der Waals surface area (Å²) in [7, 11) is 0. The van der Waals surface area contributed by atoms with E-state index in [9.17, 15) is 0 Å². The molecule has 2 saturated carbocycles. The zero-order valence-electron chi connectivity index (χ0n) is 22.6. The minimum absolute atomic E-state index is 0.284. The predicted molar refractivity (Wildman–Crippen MR) is 147 cm³/mol. The molecule has 1 aromatic carbocycles. The van der Waals surface area contributed by atoms with Crippen LogP contribution in [0.4, 0.5) is 0 Å². The van der Waals surface area contributed by atoms with Crippen LogP contribution in [0.5, 0.6) is 0 Å². The molecule has 0 aliphatic heterocycles. The molecule has 0 bridgehead atoms. The highest BCUT2D eigenvalue weighted by Gasteiger charge is 2.36. The van der Waals surface area contributed by atoms with Crippen molar-refractivity contribution < 1.29 is 0 Å². The Morgan fingerprint density at radius 2 is 1.53 bits per heavy atom. The lowest BCUT2D eigenvalue weighted by Gasteiger charge is -2.30. The summed E-state index contributed by atoms with van der Waals surface area (Å²) in [6, 6.07) is 8.95. The second kappa shape index (κ2) is 15.5. The average Bonchev–Trinajstić information content (AvgIpc) is 3.27. The van der Waals surface area contributed by atoms with Crippen LogP contribution in [0, 0.1) is 18.8 Å². The van der Waals surface area contributed by atoms with E-state index in [0.717, 1.165) is 11.8 Å². The van der Waals surface area contributed by atoms with Crippen LogP contribution in [-0.4, -0.2) is 0 Å². The summed E-state index contributed by atoms with van der Waals surface area (Å²) in [5, 5.41) is 0. The molecule has 0 heteroatoms. The molecule has 2 unspecified atom stereocenters. The summed E-state index contributed by atoms with van der Waals surface area (Å²) in [5.74, 6) is 2.16. The van der Waals surface area contributed by atoms with Crippen LogP contribution < -0.4 is 0 Å². The van der Waals surface area contributed by atoms with E-state index in [2.05, 4.69) is 79.0 Å². The molecule has 0 heterocycles. The first kappa shape index (κ1) is 28.7. The summed E-state index contributed by atoms with van der Waals surface area (Å²) in [6.07, 6.45) is 18.0. The molecule has 182 valence electrons. The molecule has 0 radical (unpaired) electrons. The fourth-order valence-electron chi connectivity index (χ4n) is 5.88. The maximum absolute atomic E-state index is 4.22. The Bertz CT molecular complexity index is 656. The lowest BCUT2D eigenvalue weighted by Crippen LogP contribution is -2.23. The largest absolute Gasteiger partial charge is 0.100 e. The Morgan fingerprint density at radius 1 is 0.906 bits per heavy atom. The second-order valence-corrected chi connectivity index (χ2v) is 10.6. The Morgan fingerprint density at radius 3 is 1.97 bits per heavy atom. The Balaban J connectivity index is 0.000000265. The third-order valence-corrected chi connectivity index (χ3v) is 7.77. The number of aryl methyl sites for hydroxylation is 1. The smallest absolute Gasteiger partial charge is 0.0156 e. The van der Waals surface area contributed by atoms with E-state index >= 15 is 0 Å². The van der Waals surface area contributed by atoms with Crippen molar-refractivity contribution in [1.82, 2.24) is 0 Å². The standard InChI is InChI=1S/C15H20.C11H22.C6H12/c1-12(2)15(9-4-5-10-15)14-8-6-7-13(3)11-14;1-3-7-11-9-6-5-8-10(11)4-2;1-4-5-6(2)3/h6-8,11H,1,4-5,9-10H2,2-3H3;10-11H,3-9H2,1-2H3;2,4-5H2,1,3H3. The first-order chi connectivity index (χ1) is 15.3. The van der Waals surface area contributed by atoms with Crippen molar-refractivity contribution in [2.24, 2.45) is 11.8 Å². The lowest BCUT2D eigenvalue weighted by atomic mass is 9.73. The number of rotatable bonds is 7. The summed E-state index contributed by atoms with van der Waals surface area (Å²) in [4.78, 5) is 0. The van der Waals surface area contributed by atoms with Crippen molar-refractivity contribution in [1.29, 1.82) is 0 Å². The van der Waals surface area contributed by atoms with Crippen LogP contribution >= 0.6 is 0 Å². The molecule has 0 aromatic heterocycles. The predicted octanol–water partition coefficient (Wildman–Crippen LogP) is 10.7. The normalized spacial score (nSPS) is 21.6. The van der Waals surface area contributed by atoms with Crippen LogP contribution in [0.1, 0.15) is 129 Å². The van der Waals surface area contributed by atoms with Gasteiger partial charge in [-0.25, -0.2) is 0 Å². The van der Waals surface area contributed by atoms with Gasteiger partial charge in [-0.1, -0.05) is 133 Å². The Kier molecular flexibility index (Phi) is 13.9. The van der Waals surface area contributed by atoms with Gasteiger partial charge in [-0.2, -0.15) is 0 Å². The van der Waals surface area contributed by atoms with Gasteiger partial charge in [0.1, 0.15) is 0 Å². The van der Waals surface area contributed by atoms with Crippen molar-refractivity contribution >= 4 is 0 Å². The average molecular weight is 439 g/mol. The van der Waals surface area contributed by atoms with E-state index in [1.165, 1.54) is 106 Å². The molecule has 0 spiro atoms. The molecular formula is C32H54. The van der Waals surface area contributed by atoms with Gasteiger partial charge in [0, 0.05) is 5.41 Å². The lowest BCUT2D eigenvalue weighted by molar-refractivity contribution is 0.216. The first-order valence-corrected chi connectivity index (χ1v) is 13.7. The van der Waals surface area contributed by atoms with Crippen LogP contribution in [0.25, 0.3) is 0 Å². The number of hydrogen-bond acceptors (Lipinski definition) is 0. The molecule has 0 amide bonds. The van der Waals surface area contributed by atoms with Gasteiger partial charge in [0.15, 0.2) is 0 Å². The minimum atomic E-state index is 0.284. The zero-order valence-corrected chi connectivity index (χ0v) is 22.6. The first-order valence-electron chi connectivity index (χ1n) is 13.7. The molecular weight excluding hydrogens is 384 g/mol. The van der Waals surface area contributed by atoms with Crippen LogP contribution in [0.3, 0.4) is 0 Å². The van der Waals surface area contributed by atoms with Gasteiger partial charge in [-0.15, -0.1) is 6.58 Å². The molecule has 2 aliphatic rings. The quantitative estimate of drug-likeness (QED) is 0.371. The van der Waals surface area contributed by atoms with Gasteiger partial charge >= 0.3 is 0 Å². The van der Waals surface area contributed by atoms with Crippen LogP contribution in [0.15, 0.2) is 48.6 Å². The van der Waals surface area contributed by atoms with Gasteiger partial charge < -0.3 is 0 Å². The minimum Gasteiger partial charge on any atom is -0.100 e. The summed E-state index contributed by atoms with van der Waals surface area (Å²) in [5.41, 5.74) is 5.75. The molecule has 3 rings (SSSR count). The van der Waals surface area contributed by atoms with E-state index in [4.69, 9.17) is 0 Å². The van der Waals surface area contributed by atoms with E-state index in [-0.39, 0.29) is 5.41 Å². The number of allylic oxidation sites excluding steroid dienone is 2. The van der Waals surface area contributed by atoms with Crippen molar-refractivity contribution in [2.45, 2.75) is 130 Å². The molecule has 2 fully saturated rings. The van der Waals surface area contributed by atoms with Crippen molar-refractivity contribution in [3.05, 3.63) is 59.7 Å². The molecule has 0 N–H and O–H groups in total.